The molecule has 0 amide bonds. The van der Waals surface area contributed by atoms with Crippen molar-refractivity contribution >= 4 is 38.3 Å². The monoisotopic (exact) mass is 503 g/mol. The van der Waals surface area contributed by atoms with E-state index in [1.54, 1.807) is 0 Å². The van der Waals surface area contributed by atoms with Crippen molar-refractivity contribution in [2.24, 2.45) is 0 Å². The van der Waals surface area contributed by atoms with E-state index in [0.717, 1.165) is 55.8 Å². The number of hydrogen-bond acceptors (Lipinski definition) is 3. The number of aromatic nitrogens is 2. The summed E-state index contributed by atoms with van der Waals surface area (Å²) in [7, 11) is 2.11. The van der Waals surface area contributed by atoms with Gasteiger partial charge in [-0.05, 0) is 41.8 Å². The van der Waals surface area contributed by atoms with Crippen molar-refractivity contribution in [3.8, 4) is 22.7 Å². The van der Waals surface area contributed by atoms with Gasteiger partial charge in [0.1, 0.15) is 0 Å². The smallest absolute Gasteiger partial charge is 0.198 e. The van der Waals surface area contributed by atoms with Crippen molar-refractivity contribution in [3.63, 3.8) is 0 Å². The van der Waals surface area contributed by atoms with Crippen LogP contribution in [0.4, 0.5) is 5.69 Å². The van der Waals surface area contributed by atoms with Crippen LogP contribution >= 0.6 is 0 Å². The lowest BCUT2D eigenvalue weighted by molar-refractivity contribution is 0.238. The van der Waals surface area contributed by atoms with E-state index in [-0.39, 0.29) is 6.23 Å². The molecule has 1 aliphatic rings. The molecule has 5 aromatic carbocycles. The normalized spacial score (nSPS) is 14.7. The summed E-state index contributed by atoms with van der Waals surface area (Å²) in [5, 5.41) is 4.66. The molecule has 1 atom stereocenters. The topological polar surface area (TPSA) is 30.3 Å². The Balaban J connectivity index is 1.32. The molecule has 1 unspecified atom stereocenters. The van der Waals surface area contributed by atoms with Gasteiger partial charge in [-0.15, -0.1) is 0 Å². The number of para-hydroxylation sites is 1. The van der Waals surface area contributed by atoms with E-state index in [9.17, 15) is 0 Å². The van der Waals surface area contributed by atoms with Crippen molar-refractivity contribution < 1.29 is 4.74 Å². The van der Waals surface area contributed by atoms with Crippen LogP contribution in [0, 0.1) is 0 Å². The van der Waals surface area contributed by atoms with E-state index in [1.807, 2.05) is 18.3 Å². The van der Waals surface area contributed by atoms with Crippen molar-refractivity contribution in [3.05, 3.63) is 133 Å². The Morgan fingerprint density at radius 2 is 1.49 bits per heavy atom. The van der Waals surface area contributed by atoms with Crippen LogP contribution in [-0.4, -0.2) is 16.6 Å². The van der Waals surface area contributed by atoms with Gasteiger partial charge in [0.2, 0.25) is 0 Å². The molecule has 4 nitrogen and oxygen atoms in total. The highest BCUT2D eigenvalue weighted by Gasteiger charge is 2.32. The molecular formula is C35H25N3O. The Labute approximate surface area is 226 Å². The van der Waals surface area contributed by atoms with E-state index in [4.69, 9.17) is 9.72 Å². The van der Waals surface area contributed by atoms with Crippen LogP contribution in [0.3, 0.4) is 0 Å². The molecule has 0 aliphatic carbocycles. The van der Waals surface area contributed by atoms with Gasteiger partial charge in [0, 0.05) is 40.8 Å². The van der Waals surface area contributed by atoms with Gasteiger partial charge in [-0.3, -0.25) is 4.98 Å². The van der Waals surface area contributed by atoms with Crippen LogP contribution in [0.2, 0.25) is 0 Å². The Kier molecular flexibility index (Phi) is 4.76. The molecule has 7 aromatic rings. The molecule has 0 bridgehead atoms. The Morgan fingerprint density at radius 1 is 0.692 bits per heavy atom. The van der Waals surface area contributed by atoms with Gasteiger partial charge < -0.3 is 14.2 Å². The summed E-state index contributed by atoms with van der Waals surface area (Å²) in [6.07, 6.45) is 1.80. The third kappa shape index (κ3) is 3.35. The predicted octanol–water partition coefficient (Wildman–Crippen LogP) is 8.53. The molecule has 1 aliphatic heterocycles. The highest BCUT2D eigenvalue weighted by molar-refractivity contribution is 6.14. The van der Waals surface area contributed by atoms with Crippen LogP contribution < -0.4 is 9.64 Å². The third-order valence-electron chi connectivity index (χ3n) is 7.85. The van der Waals surface area contributed by atoms with Gasteiger partial charge in [0.15, 0.2) is 12.0 Å². The van der Waals surface area contributed by atoms with Gasteiger partial charge >= 0.3 is 0 Å². The average Bonchev–Trinajstić information content (AvgIpc) is 3.52. The molecule has 0 fully saturated rings. The molecule has 0 saturated heterocycles. The number of ether oxygens (including phenoxy) is 1. The number of benzene rings is 5. The lowest BCUT2D eigenvalue weighted by Gasteiger charge is -2.20. The average molecular weight is 504 g/mol. The van der Waals surface area contributed by atoms with E-state index < -0.39 is 0 Å². The first-order chi connectivity index (χ1) is 19.3. The molecule has 39 heavy (non-hydrogen) atoms. The van der Waals surface area contributed by atoms with Crippen LogP contribution in [0.15, 0.2) is 128 Å². The van der Waals surface area contributed by atoms with Crippen LogP contribution in [-0.2, 0) is 0 Å². The molecule has 4 heteroatoms. The zero-order valence-electron chi connectivity index (χ0n) is 21.5. The lowest BCUT2D eigenvalue weighted by atomic mass is 10.1. The molecular weight excluding hydrogens is 478 g/mol. The summed E-state index contributed by atoms with van der Waals surface area (Å²) in [5.41, 5.74) is 7.68. The predicted molar refractivity (Wildman–Crippen MR) is 160 cm³/mol. The van der Waals surface area contributed by atoms with E-state index >= 15 is 0 Å². The van der Waals surface area contributed by atoms with Gasteiger partial charge in [0.25, 0.3) is 0 Å². The zero-order chi connectivity index (χ0) is 25.9. The molecule has 0 saturated carbocycles. The van der Waals surface area contributed by atoms with E-state index in [2.05, 4.69) is 126 Å². The van der Waals surface area contributed by atoms with Gasteiger partial charge in [-0.1, -0.05) is 84.9 Å². The van der Waals surface area contributed by atoms with Gasteiger partial charge in [-0.2, -0.15) is 0 Å². The summed E-state index contributed by atoms with van der Waals surface area (Å²) < 4.78 is 9.05. The summed E-state index contributed by atoms with van der Waals surface area (Å²) in [6.45, 7) is 0. The van der Waals surface area contributed by atoms with Crippen LogP contribution in [0.25, 0.3) is 49.5 Å². The second-order valence-corrected chi connectivity index (χ2v) is 10.1. The molecule has 3 heterocycles. The fourth-order valence-electron chi connectivity index (χ4n) is 5.97. The first-order valence-corrected chi connectivity index (χ1v) is 13.2. The Morgan fingerprint density at radius 3 is 2.38 bits per heavy atom. The lowest BCUT2D eigenvalue weighted by Crippen LogP contribution is -2.22. The second-order valence-electron chi connectivity index (χ2n) is 10.1. The quantitative estimate of drug-likeness (QED) is 0.242. The minimum Gasteiger partial charge on any atom is -0.463 e. The molecule has 2 aromatic heterocycles. The maximum absolute atomic E-state index is 6.71. The zero-order valence-corrected chi connectivity index (χ0v) is 21.5. The molecule has 0 spiro atoms. The number of hydrogen-bond donors (Lipinski definition) is 0. The van der Waals surface area contributed by atoms with Gasteiger partial charge in [0.05, 0.1) is 27.8 Å². The fourth-order valence-corrected chi connectivity index (χ4v) is 5.97. The Bertz CT molecular complexity index is 2030. The number of pyridine rings is 1. The van der Waals surface area contributed by atoms with Crippen molar-refractivity contribution in [2.45, 2.75) is 6.23 Å². The third-order valence-corrected chi connectivity index (χ3v) is 7.85. The highest BCUT2D eigenvalue weighted by Crippen LogP contribution is 2.50. The van der Waals surface area contributed by atoms with E-state index in [1.165, 1.54) is 10.8 Å². The van der Waals surface area contributed by atoms with Crippen molar-refractivity contribution in [1.29, 1.82) is 0 Å². The molecule has 0 radical (unpaired) electrons. The van der Waals surface area contributed by atoms with Crippen LogP contribution in [0.5, 0.6) is 5.75 Å². The van der Waals surface area contributed by atoms with Crippen molar-refractivity contribution in [2.75, 3.05) is 11.9 Å². The van der Waals surface area contributed by atoms with Crippen molar-refractivity contribution in [1.82, 2.24) is 9.55 Å². The molecule has 186 valence electrons. The summed E-state index contributed by atoms with van der Waals surface area (Å²) in [5.74, 6) is 0.936. The van der Waals surface area contributed by atoms with E-state index in [0.29, 0.717) is 0 Å². The number of rotatable bonds is 3. The molecule has 8 rings (SSSR count). The van der Waals surface area contributed by atoms with Gasteiger partial charge in [-0.25, -0.2) is 0 Å². The largest absolute Gasteiger partial charge is 0.463 e. The first kappa shape index (κ1) is 21.9. The minimum atomic E-state index is -0.156. The SMILES string of the molecule is CN1c2ccc3c(c2OC1c1ccccc1)c1ccccc1n3-c1cccc(-c2cc3ccccc3cn2)c1. The minimum absolute atomic E-state index is 0.156. The first-order valence-electron chi connectivity index (χ1n) is 13.2. The second kappa shape index (κ2) is 8.47. The maximum Gasteiger partial charge on any atom is 0.198 e. The summed E-state index contributed by atoms with van der Waals surface area (Å²) in [6, 6.07) is 42.6. The summed E-state index contributed by atoms with van der Waals surface area (Å²) in [4.78, 5) is 7.01. The Hall–Kier alpha value is -5.09. The van der Waals surface area contributed by atoms with Crippen LogP contribution in [0.1, 0.15) is 11.8 Å². The standard InChI is InChI=1S/C35H25N3O/c1-37-32-19-18-31-33(34(32)39-35(37)23-10-3-2-4-11-23)28-16-7-8-17-30(28)38(31)27-15-9-14-25(20-27)29-21-24-12-5-6-13-26(24)22-36-29/h2-22,35H,1H3. The number of anilines is 1. The summed E-state index contributed by atoms with van der Waals surface area (Å²) >= 11 is 0. The molecule has 0 N–H and O–H groups in total. The highest BCUT2D eigenvalue weighted by atomic mass is 16.5. The maximum atomic E-state index is 6.71. The fraction of sp³-hybridized carbons (Fsp3) is 0.0571. The number of fused-ring (bicyclic) bond motifs is 6. The number of nitrogens with zero attached hydrogens (tertiary/aromatic N) is 3.